The fraction of sp³-hybridized carbons (Fsp3) is 0.250. The van der Waals surface area contributed by atoms with Gasteiger partial charge in [-0.3, -0.25) is 4.68 Å². The Labute approximate surface area is 118 Å². The highest BCUT2D eigenvalue weighted by Gasteiger charge is 2.12. The normalized spacial score (nSPS) is 11.0. The van der Waals surface area contributed by atoms with Gasteiger partial charge in [0, 0.05) is 18.1 Å². The molecule has 0 N–H and O–H groups in total. The Hall–Kier alpha value is -1.60. The quantitative estimate of drug-likeness (QED) is 0.676. The van der Waals surface area contributed by atoms with E-state index in [0.29, 0.717) is 11.1 Å². The smallest absolute Gasteiger partial charge is 0.276 e. The predicted octanol–water partition coefficient (Wildman–Crippen LogP) is 3.10. The van der Waals surface area contributed by atoms with E-state index in [-0.39, 0.29) is 0 Å². The van der Waals surface area contributed by atoms with Crippen molar-refractivity contribution < 1.29 is 4.42 Å². The summed E-state index contributed by atoms with van der Waals surface area (Å²) in [6, 6.07) is 3.96. The van der Waals surface area contributed by atoms with E-state index >= 15 is 0 Å². The Kier molecular flexibility index (Phi) is 3.65. The number of aromatic nitrogens is 4. The lowest BCUT2D eigenvalue weighted by Crippen LogP contribution is -2.00. The number of thioether (sulfide) groups is 1. The summed E-state index contributed by atoms with van der Waals surface area (Å²) in [5.41, 5.74) is 1.17. The second-order valence-electron chi connectivity index (χ2n) is 3.92. The molecule has 3 aromatic heterocycles. The van der Waals surface area contributed by atoms with Crippen LogP contribution >= 0.6 is 23.1 Å². The Balaban J connectivity index is 1.61. The minimum Gasteiger partial charge on any atom is -0.410 e. The van der Waals surface area contributed by atoms with Crippen LogP contribution in [0.1, 0.15) is 5.56 Å². The van der Waals surface area contributed by atoms with E-state index in [2.05, 4.69) is 21.4 Å². The number of hydrogen-bond donors (Lipinski definition) is 0. The molecule has 0 aliphatic carbocycles. The Bertz CT molecular complexity index is 644. The maximum absolute atomic E-state index is 5.65. The van der Waals surface area contributed by atoms with Crippen molar-refractivity contribution in [2.75, 3.05) is 5.75 Å². The van der Waals surface area contributed by atoms with Crippen LogP contribution in [-0.4, -0.2) is 25.7 Å². The summed E-state index contributed by atoms with van der Waals surface area (Å²) in [6.07, 6.45) is 3.71. The third-order valence-corrected chi connectivity index (χ3v) is 4.37. The summed E-state index contributed by atoms with van der Waals surface area (Å²) in [7, 11) is 0. The summed E-state index contributed by atoms with van der Waals surface area (Å²) in [5.74, 6) is 1.46. The summed E-state index contributed by atoms with van der Waals surface area (Å²) >= 11 is 3.16. The van der Waals surface area contributed by atoms with Gasteiger partial charge in [-0.05, 0) is 30.0 Å². The minimum absolute atomic E-state index is 0.606. The second kappa shape index (κ2) is 5.58. The summed E-state index contributed by atoms with van der Waals surface area (Å²) in [6.45, 7) is 2.87. The lowest BCUT2D eigenvalue weighted by Gasteiger charge is -1.97. The summed E-state index contributed by atoms with van der Waals surface area (Å²) in [4.78, 5) is 1.05. The maximum Gasteiger partial charge on any atom is 0.276 e. The molecule has 98 valence electrons. The largest absolute Gasteiger partial charge is 0.410 e. The summed E-state index contributed by atoms with van der Waals surface area (Å²) in [5, 5.41) is 14.9. The van der Waals surface area contributed by atoms with Crippen molar-refractivity contribution in [2.45, 2.75) is 18.7 Å². The van der Waals surface area contributed by atoms with Crippen LogP contribution in [0, 0.1) is 6.92 Å². The highest BCUT2D eigenvalue weighted by Crippen LogP contribution is 2.29. The van der Waals surface area contributed by atoms with Crippen LogP contribution in [0.25, 0.3) is 10.8 Å². The molecule has 5 nitrogen and oxygen atoms in total. The molecule has 3 heterocycles. The van der Waals surface area contributed by atoms with Gasteiger partial charge in [0.1, 0.15) is 0 Å². The first kappa shape index (κ1) is 12.4. The molecule has 0 saturated heterocycles. The Morgan fingerprint density at radius 1 is 1.42 bits per heavy atom. The summed E-state index contributed by atoms with van der Waals surface area (Å²) < 4.78 is 7.53. The number of aryl methyl sites for hydroxylation is 2. The van der Waals surface area contributed by atoms with E-state index in [9.17, 15) is 0 Å². The molecule has 7 heteroatoms. The van der Waals surface area contributed by atoms with Crippen LogP contribution in [0.2, 0.25) is 0 Å². The van der Waals surface area contributed by atoms with Crippen LogP contribution < -0.4 is 0 Å². The first-order chi connectivity index (χ1) is 9.33. The van der Waals surface area contributed by atoms with Crippen LogP contribution in [0.3, 0.4) is 0 Å². The van der Waals surface area contributed by atoms with Crippen LogP contribution in [-0.2, 0) is 6.54 Å². The van der Waals surface area contributed by atoms with E-state index in [1.165, 1.54) is 5.56 Å². The molecule has 0 radical (unpaired) electrons. The van der Waals surface area contributed by atoms with Crippen molar-refractivity contribution in [1.29, 1.82) is 0 Å². The van der Waals surface area contributed by atoms with E-state index < -0.39 is 0 Å². The van der Waals surface area contributed by atoms with Gasteiger partial charge in [-0.15, -0.1) is 21.5 Å². The molecule has 0 aliphatic rings. The molecule has 0 unspecified atom stereocenters. The Morgan fingerprint density at radius 3 is 3.11 bits per heavy atom. The molecule has 3 rings (SSSR count). The highest BCUT2D eigenvalue weighted by molar-refractivity contribution is 7.99. The van der Waals surface area contributed by atoms with Gasteiger partial charge in [0.05, 0.1) is 11.4 Å². The zero-order chi connectivity index (χ0) is 13.1. The lowest BCUT2D eigenvalue weighted by molar-refractivity contribution is 0.466. The predicted molar refractivity (Wildman–Crippen MR) is 75.3 cm³/mol. The average Bonchev–Trinajstić information content (AvgIpc) is 3.10. The monoisotopic (exact) mass is 292 g/mol. The van der Waals surface area contributed by atoms with Gasteiger partial charge in [-0.1, -0.05) is 11.8 Å². The topological polar surface area (TPSA) is 56.7 Å². The first-order valence-electron chi connectivity index (χ1n) is 5.81. The molecule has 0 aromatic carbocycles. The van der Waals surface area contributed by atoms with E-state index in [1.807, 2.05) is 29.2 Å². The molecular formula is C12H12N4OS2. The average molecular weight is 292 g/mol. The van der Waals surface area contributed by atoms with Crippen molar-refractivity contribution in [1.82, 2.24) is 20.0 Å². The van der Waals surface area contributed by atoms with Gasteiger partial charge in [-0.25, -0.2) is 0 Å². The second-order valence-corrected chi connectivity index (χ2v) is 5.89. The number of rotatable bonds is 5. The van der Waals surface area contributed by atoms with Gasteiger partial charge in [0.25, 0.3) is 11.1 Å². The number of hydrogen-bond acceptors (Lipinski definition) is 6. The van der Waals surface area contributed by atoms with Crippen molar-refractivity contribution in [3.8, 4) is 10.8 Å². The molecule has 0 atom stereocenters. The molecule has 0 spiro atoms. The molecule has 3 aromatic rings. The van der Waals surface area contributed by atoms with E-state index in [1.54, 1.807) is 29.3 Å². The molecule has 0 fully saturated rings. The Morgan fingerprint density at radius 2 is 2.37 bits per heavy atom. The van der Waals surface area contributed by atoms with E-state index in [0.717, 1.165) is 17.2 Å². The lowest BCUT2D eigenvalue weighted by atomic mass is 10.3. The standard InChI is InChI=1S/C12H12N4OS2/c1-9-3-7-18-10(9)11-14-15-12(17-11)19-8-6-16-5-2-4-13-16/h2-5,7H,6,8H2,1H3. The molecule has 0 saturated carbocycles. The third-order valence-electron chi connectivity index (χ3n) is 2.57. The number of nitrogens with zero attached hydrogens (tertiary/aromatic N) is 4. The fourth-order valence-corrected chi connectivity index (χ4v) is 3.15. The van der Waals surface area contributed by atoms with Gasteiger partial charge in [0.2, 0.25) is 0 Å². The van der Waals surface area contributed by atoms with Gasteiger partial charge < -0.3 is 4.42 Å². The highest BCUT2D eigenvalue weighted by atomic mass is 32.2. The van der Waals surface area contributed by atoms with Crippen molar-refractivity contribution >= 4 is 23.1 Å². The maximum atomic E-state index is 5.65. The molecular weight excluding hydrogens is 280 g/mol. The van der Waals surface area contributed by atoms with Crippen LogP contribution in [0.4, 0.5) is 0 Å². The van der Waals surface area contributed by atoms with Crippen LogP contribution in [0.5, 0.6) is 0 Å². The zero-order valence-corrected chi connectivity index (χ0v) is 11.9. The van der Waals surface area contributed by atoms with Crippen molar-refractivity contribution in [3.05, 3.63) is 35.5 Å². The molecule has 0 bridgehead atoms. The van der Waals surface area contributed by atoms with Crippen molar-refractivity contribution in [3.63, 3.8) is 0 Å². The molecule has 0 amide bonds. The van der Waals surface area contributed by atoms with Crippen LogP contribution in [0.15, 0.2) is 39.5 Å². The minimum atomic E-state index is 0.606. The number of thiophene rings is 1. The van der Waals surface area contributed by atoms with Gasteiger partial charge in [0.15, 0.2) is 0 Å². The molecule has 0 aliphatic heterocycles. The van der Waals surface area contributed by atoms with Crippen molar-refractivity contribution in [2.24, 2.45) is 0 Å². The first-order valence-corrected chi connectivity index (χ1v) is 7.67. The zero-order valence-electron chi connectivity index (χ0n) is 10.3. The SMILES string of the molecule is Cc1ccsc1-c1nnc(SCCn2cccn2)o1. The third kappa shape index (κ3) is 2.87. The van der Waals surface area contributed by atoms with Gasteiger partial charge in [-0.2, -0.15) is 5.10 Å². The van der Waals surface area contributed by atoms with Gasteiger partial charge >= 0.3 is 0 Å². The fourth-order valence-electron chi connectivity index (χ4n) is 1.61. The molecule has 19 heavy (non-hydrogen) atoms. The van der Waals surface area contributed by atoms with E-state index in [4.69, 9.17) is 4.42 Å².